The minimum absolute atomic E-state index is 0.0133. The Hall–Kier alpha value is -1.63. The van der Waals surface area contributed by atoms with Gasteiger partial charge in [-0.3, -0.25) is 0 Å². The Morgan fingerprint density at radius 2 is 1.22 bits per heavy atom. The van der Waals surface area contributed by atoms with E-state index in [9.17, 15) is 4.39 Å². The molecular formula is C31H45F. The van der Waals surface area contributed by atoms with Gasteiger partial charge in [0, 0.05) is 10.8 Å². The van der Waals surface area contributed by atoms with Gasteiger partial charge in [-0.2, -0.15) is 0 Å². The second-order valence-corrected chi connectivity index (χ2v) is 11.6. The Labute approximate surface area is 197 Å². The van der Waals surface area contributed by atoms with Crippen LogP contribution < -0.4 is 0 Å². The Morgan fingerprint density at radius 3 is 1.78 bits per heavy atom. The van der Waals surface area contributed by atoms with Crippen molar-refractivity contribution in [2.24, 2.45) is 23.7 Å². The van der Waals surface area contributed by atoms with Crippen LogP contribution in [0.1, 0.15) is 96.0 Å². The molecule has 2 aromatic carbocycles. The summed E-state index contributed by atoms with van der Waals surface area (Å²) < 4.78 is 13.8. The molecule has 4 rings (SSSR count). The van der Waals surface area contributed by atoms with Crippen LogP contribution in [0.4, 0.5) is 4.39 Å². The van der Waals surface area contributed by atoms with Crippen LogP contribution in [0.3, 0.4) is 0 Å². The Kier molecular flexibility index (Phi) is 7.28. The lowest BCUT2D eigenvalue weighted by atomic mass is 9.64. The molecule has 1 heteroatoms. The maximum Gasteiger partial charge on any atom is 0.126 e. The lowest BCUT2D eigenvalue weighted by molar-refractivity contribution is 0.217. The van der Waals surface area contributed by atoms with Crippen molar-refractivity contribution in [3.8, 4) is 0 Å². The van der Waals surface area contributed by atoms with E-state index in [0.717, 1.165) is 30.2 Å². The summed E-state index contributed by atoms with van der Waals surface area (Å²) in [5.74, 6) is 2.58. The molecule has 2 aliphatic carbocycles. The van der Waals surface area contributed by atoms with Crippen molar-refractivity contribution in [3.63, 3.8) is 0 Å². The molecular weight excluding hydrogens is 391 g/mol. The Balaban J connectivity index is 0.000000181. The van der Waals surface area contributed by atoms with Crippen molar-refractivity contribution in [2.75, 3.05) is 0 Å². The fraction of sp³-hybridized carbons (Fsp3) is 0.613. The molecule has 0 radical (unpaired) electrons. The summed E-state index contributed by atoms with van der Waals surface area (Å²) in [5.41, 5.74) is 7.58. The first-order chi connectivity index (χ1) is 15.0. The van der Waals surface area contributed by atoms with Crippen LogP contribution in [0.25, 0.3) is 0 Å². The lowest BCUT2D eigenvalue weighted by Gasteiger charge is -2.40. The molecule has 0 heterocycles. The third kappa shape index (κ3) is 3.84. The van der Waals surface area contributed by atoms with Crippen LogP contribution >= 0.6 is 0 Å². The molecule has 32 heavy (non-hydrogen) atoms. The summed E-state index contributed by atoms with van der Waals surface area (Å²) in [6.45, 7) is 20.9. The lowest BCUT2D eigenvalue weighted by Crippen LogP contribution is -2.36. The van der Waals surface area contributed by atoms with Crippen LogP contribution in [-0.4, -0.2) is 0 Å². The fourth-order valence-corrected chi connectivity index (χ4v) is 7.47. The normalized spacial score (nSPS) is 18.2. The zero-order chi connectivity index (χ0) is 23.8. The predicted octanol–water partition coefficient (Wildman–Crippen LogP) is 8.81. The largest absolute Gasteiger partial charge is 0.207 e. The van der Waals surface area contributed by atoms with Gasteiger partial charge in [-0.25, -0.2) is 4.39 Å². The molecule has 176 valence electrons. The van der Waals surface area contributed by atoms with Gasteiger partial charge in [0.1, 0.15) is 5.82 Å². The molecule has 2 aromatic rings. The first-order valence-electron chi connectivity index (χ1n) is 12.9. The van der Waals surface area contributed by atoms with Crippen molar-refractivity contribution in [1.29, 1.82) is 0 Å². The molecule has 0 bridgehead atoms. The second kappa shape index (κ2) is 9.32. The van der Waals surface area contributed by atoms with E-state index >= 15 is 0 Å². The molecule has 0 saturated carbocycles. The highest BCUT2D eigenvalue weighted by Gasteiger charge is 2.45. The summed E-state index contributed by atoms with van der Waals surface area (Å²) in [7, 11) is 0. The number of benzene rings is 2. The van der Waals surface area contributed by atoms with E-state index in [0.29, 0.717) is 17.3 Å². The molecule has 0 unspecified atom stereocenters. The predicted molar refractivity (Wildman–Crippen MR) is 137 cm³/mol. The average molecular weight is 437 g/mol. The van der Waals surface area contributed by atoms with Crippen molar-refractivity contribution in [1.82, 2.24) is 0 Å². The summed E-state index contributed by atoms with van der Waals surface area (Å²) in [6.07, 6.45) is 4.60. The summed E-state index contributed by atoms with van der Waals surface area (Å²) in [6, 6.07) is 12.4. The van der Waals surface area contributed by atoms with Gasteiger partial charge in [0.2, 0.25) is 0 Å². The molecule has 0 nitrogen and oxygen atoms in total. The van der Waals surface area contributed by atoms with Gasteiger partial charge in [0.05, 0.1) is 0 Å². The summed E-state index contributed by atoms with van der Waals surface area (Å²) >= 11 is 0. The number of fused-ring (bicyclic) bond motifs is 2. The van der Waals surface area contributed by atoms with Gasteiger partial charge < -0.3 is 0 Å². The zero-order valence-electron chi connectivity index (χ0n) is 22.0. The second-order valence-electron chi connectivity index (χ2n) is 11.6. The quantitative estimate of drug-likeness (QED) is 0.449. The topological polar surface area (TPSA) is 0 Å². The van der Waals surface area contributed by atoms with E-state index in [-0.39, 0.29) is 11.2 Å². The number of halogens is 1. The van der Waals surface area contributed by atoms with Crippen LogP contribution in [0.15, 0.2) is 36.4 Å². The van der Waals surface area contributed by atoms with Gasteiger partial charge >= 0.3 is 0 Å². The van der Waals surface area contributed by atoms with Crippen LogP contribution in [0.5, 0.6) is 0 Å². The van der Waals surface area contributed by atoms with Crippen LogP contribution in [0, 0.1) is 36.4 Å². The summed E-state index contributed by atoms with van der Waals surface area (Å²) in [5, 5.41) is 0. The van der Waals surface area contributed by atoms with E-state index in [4.69, 9.17) is 0 Å². The Morgan fingerprint density at radius 1 is 0.688 bits per heavy atom. The average Bonchev–Trinajstić information content (AvgIpc) is 3.30. The first kappa shape index (κ1) is 25.0. The summed E-state index contributed by atoms with van der Waals surface area (Å²) in [4.78, 5) is 0. The van der Waals surface area contributed by atoms with Crippen LogP contribution in [-0.2, 0) is 23.7 Å². The minimum atomic E-state index is -0.0133. The van der Waals surface area contributed by atoms with E-state index in [2.05, 4.69) is 86.6 Å². The molecule has 0 saturated heterocycles. The van der Waals surface area contributed by atoms with Gasteiger partial charge in [-0.05, 0) is 90.2 Å². The standard InChI is InChI=1S/C16H24.C15H21F/c1-11(2)16(12(3)4)10-9-14-8-6-7-13(5)15(14)16;1-10(2)15(11(3)4)9-8-12-13(15)6-5-7-14(12)16/h6-8,11-12H,9-10H2,1-5H3;5-7,10-11H,8-9H2,1-4H3. The number of rotatable bonds is 4. The van der Waals surface area contributed by atoms with Crippen molar-refractivity contribution < 1.29 is 4.39 Å². The highest BCUT2D eigenvalue weighted by Crippen LogP contribution is 2.51. The minimum Gasteiger partial charge on any atom is -0.207 e. The number of hydrogen-bond acceptors (Lipinski definition) is 0. The molecule has 0 N–H and O–H groups in total. The highest BCUT2D eigenvalue weighted by atomic mass is 19.1. The maximum atomic E-state index is 13.8. The number of aryl methyl sites for hydroxylation is 2. The van der Waals surface area contributed by atoms with E-state index < -0.39 is 0 Å². The van der Waals surface area contributed by atoms with Crippen molar-refractivity contribution >= 4 is 0 Å². The van der Waals surface area contributed by atoms with Gasteiger partial charge in [0.15, 0.2) is 0 Å². The maximum absolute atomic E-state index is 13.8. The van der Waals surface area contributed by atoms with Gasteiger partial charge in [-0.15, -0.1) is 0 Å². The highest BCUT2D eigenvalue weighted by molar-refractivity contribution is 5.46. The molecule has 0 amide bonds. The monoisotopic (exact) mass is 436 g/mol. The van der Waals surface area contributed by atoms with E-state index in [1.165, 1.54) is 24.0 Å². The Bertz CT molecular complexity index is 915. The third-order valence-corrected chi connectivity index (χ3v) is 9.16. The SMILES string of the molecule is CC(C)C1(C(C)C)CCc2c(F)cccc21.Cc1cccc2c1C(C(C)C)(C(C)C)CC2. The van der Waals surface area contributed by atoms with Crippen LogP contribution in [0.2, 0.25) is 0 Å². The molecule has 0 spiro atoms. The van der Waals surface area contributed by atoms with Crippen molar-refractivity contribution in [3.05, 3.63) is 70.0 Å². The molecule has 2 aliphatic rings. The first-order valence-corrected chi connectivity index (χ1v) is 12.9. The molecule has 0 aromatic heterocycles. The fourth-order valence-electron chi connectivity index (χ4n) is 7.47. The van der Waals surface area contributed by atoms with Gasteiger partial charge in [0.25, 0.3) is 0 Å². The third-order valence-electron chi connectivity index (χ3n) is 9.16. The van der Waals surface area contributed by atoms with Crippen molar-refractivity contribution in [2.45, 2.75) is 98.8 Å². The van der Waals surface area contributed by atoms with Gasteiger partial charge in [-0.1, -0.05) is 85.7 Å². The number of hydrogen-bond donors (Lipinski definition) is 0. The molecule has 0 atom stereocenters. The smallest absolute Gasteiger partial charge is 0.126 e. The molecule has 0 fully saturated rings. The molecule has 0 aliphatic heterocycles. The zero-order valence-corrected chi connectivity index (χ0v) is 22.0. The van der Waals surface area contributed by atoms with E-state index in [1.807, 2.05) is 6.07 Å². The van der Waals surface area contributed by atoms with E-state index in [1.54, 1.807) is 17.2 Å².